The van der Waals surface area contributed by atoms with Crippen molar-refractivity contribution in [2.24, 2.45) is 0 Å². The van der Waals surface area contributed by atoms with Crippen molar-refractivity contribution in [1.82, 2.24) is 15.7 Å². The number of nitrogens with zero attached hydrogens (tertiary/aromatic N) is 2. The molecule has 1 fully saturated rings. The minimum atomic E-state index is -0.452. The van der Waals surface area contributed by atoms with Gasteiger partial charge in [-0.1, -0.05) is 0 Å². The summed E-state index contributed by atoms with van der Waals surface area (Å²) in [7, 11) is 0. The van der Waals surface area contributed by atoms with Gasteiger partial charge in [-0.25, -0.2) is 4.79 Å². The van der Waals surface area contributed by atoms with Crippen LogP contribution in [0.2, 0.25) is 0 Å². The van der Waals surface area contributed by atoms with Gasteiger partial charge in [0.25, 0.3) is 0 Å². The first-order valence-electron chi connectivity index (χ1n) is 4.40. The second-order valence-electron chi connectivity index (χ2n) is 3.06. The van der Waals surface area contributed by atoms with Crippen molar-refractivity contribution in [3.05, 3.63) is 22.7 Å². The molecule has 16 heavy (non-hydrogen) atoms. The van der Waals surface area contributed by atoms with E-state index in [4.69, 9.17) is 10.5 Å². The number of rotatable bonds is 2. The Hall–Kier alpha value is -1.09. The van der Waals surface area contributed by atoms with Crippen molar-refractivity contribution in [2.45, 2.75) is 11.7 Å². The molecule has 1 aliphatic heterocycles. The fourth-order valence-corrected chi connectivity index (χ4v) is 2.24. The Balaban J connectivity index is 0.00000128. The first kappa shape index (κ1) is 13.0. The van der Waals surface area contributed by atoms with Gasteiger partial charge in [0.2, 0.25) is 0 Å². The molecule has 1 aromatic rings. The third-order valence-corrected chi connectivity index (χ3v) is 3.13. The molecule has 6 N–H and O–H groups in total. The zero-order chi connectivity index (χ0) is 10.8. The van der Waals surface area contributed by atoms with Crippen LogP contribution in [0.4, 0.5) is 5.82 Å². The van der Waals surface area contributed by atoms with E-state index in [9.17, 15) is 9.90 Å². The molecule has 0 radical (unpaired) electrons. The first-order valence-corrected chi connectivity index (χ1v) is 5.45. The summed E-state index contributed by atoms with van der Waals surface area (Å²) in [6.07, 6.45) is 1.12. The molecule has 2 heterocycles. The predicted octanol–water partition coefficient (Wildman–Crippen LogP) is -0.850. The van der Waals surface area contributed by atoms with E-state index in [0.717, 1.165) is 0 Å². The molecule has 1 saturated heterocycles. The summed E-state index contributed by atoms with van der Waals surface area (Å²) in [4.78, 5) is 15.0. The number of nitrogens with two attached hydrogens (primary N) is 1. The van der Waals surface area contributed by atoms with Crippen LogP contribution in [0, 0.1) is 0 Å². The second-order valence-corrected chi connectivity index (χ2v) is 4.25. The largest absolute Gasteiger partial charge is 0.852 e. The van der Waals surface area contributed by atoms with Gasteiger partial charge < -0.3 is 21.7 Å². The van der Waals surface area contributed by atoms with Gasteiger partial charge in [0.15, 0.2) is 0 Å². The SMILES string of the molecule is Nc1ccn([C@@H]2CS[C@H](C[O-])O2)c(=O)n1.[NH4+]. The molecule has 0 aromatic carbocycles. The Labute approximate surface area is 96.2 Å². The number of hydrogen-bond acceptors (Lipinski definition) is 6. The maximum Gasteiger partial charge on any atom is 0.351 e. The van der Waals surface area contributed by atoms with E-state index in [1.165, 1.54) is 28.6 Å². The summed E-state index contributed by atoms with van der Waals surface area (Å²) in [6.45, 7) is -0.307. The summed E-state index contributed by atoms with van der Waals surface area (Å²) in [6, 6.07) is 1.53. The van der Waals surface area contributed by atoms with Gasteiger partial charge in [-0.2, -0.15) is 4.98 Å². The van der Waals surface area contributed by atoms with Crippen LogP contribution in [0.1, 0.15) is 6.23 Å². The lowest BCUT2D eigenvalue weighted by Gasteiger charge is -2.15. The van der Waals surface area contributed by atoms with Crippen LogP contribution in [-0.4, -0.2) is 27.3 Å². The fourth-order valence-electron chi connectivity index (χ4n) is 1.32. The number of nitrogen functional groups attached to an aromatic ring is 1. The van der Waals surface area contributed by atoms with Crippen LogP contribution in [0.25, 0.3) is 0 Å². The highest BCUT2D eigenvalue weighted by Gasteiger charge is 2.25. The highest BCUT2D eigenvalue weighted by atomic mass is 32.2. The number of anilines is 1. The van der Waals surface area contributed by atoms with E-state index in [-0.39, 0.29) is 24.0 Å². The first-order chi connectivity index (χ1) is 7.20. The molecule has 1 aliphatic rings. The lowest BCUT2D eigenvalue weighted by Crippen LogP contribution is -2.29. The lowest BCUT2D eigenvalue weighted by atomic mass is 10.5. The fraction of sp³-hybridized carbons (Fsp3) is 0.500. The van der Waals surface area contributed by atoms with Gasteiger partial charge in [0.1, 0.15) is 12.0 Å². The van der Waals surface area contributed by atoms with E-state index in [2.05, 4.69) is 4.98 Å². The van der Waals surface area contributed by atoms with Gasteiger partial charge in [-0.3, -0.25) is 4.57 Å². The molecule has 7 nitrogen and oxygen atoms in total. The van der Waals surface area contributed by atoms with Gasteiger partial charge >= 0.3 is 5.69 Å². The second kappa shape index (κ2) is 5.30. The lowest BCUT2D eigenvalue weighted by molar-refractivity contribution is -0.379. The van der Waals surface area contributed by atoms with Crippen molar-refractivity contribution >= 4 is 17.6 Å². The highest BCUT2D eigenvalue weighted by molar-refractivity contribution is 8.00. The van der Waals surface area contributed by atoms with Crippen molar-refractivity contribution < 1.29 is 9.84 Å². The number of aromatic nitrogens is 2. The molecule has 0 unspecified atom stereocenters. The van der Waals surface area contributed by atoms with Gasteiger partial charge in [0, 0.05) is 11.9 Å². The number of ether oxygens (including phenoxy) is 1. The Bertz CT molecular complexity index is 411. The summed E-state index contributed by atoms with van der Waals surface area (Å²) in [5.74, 6) is 0.764. The minimum Gasteiger partial charge on any atom is -0.852 e. The smallest absolute Gasteiger partial charge is 0.351 e. The third kappa shape index (κ3) is 2.53. The summed E-state index contributed by atoms with van der Waals surface area (Å²) in [5, 5.41) is 10.6. The van der Waals surface area contributed by atoms with E-state index in [1.807, 2.05) is 0 Å². The number of hydrogen-bond donors (Lipinski definition) is 2. The van der Waals surface area contributed by atoms with E-state index in [1.54, 1.807) is 0 Å². The molecule has 0 amide bonds. The van der Waals surface area contributed by atoms with Gasteiger partial charge in [-0.05, 0) is 6.07 Å². The predicted molar refractivity (Wildman–Crippen MR) is 60.1 cm³/mol. The van der Waals surface area contributed by atoms with Crippen LogP contribution in [0.5, 0.6) is 0 Å². The molecule has 0 saturated carbocycles. The Morgan fingerprint density at radius 1 is 1.75 bits per heavy atom. The molecular weight excluding hydrogens is 232 g/mol. The maximum absolute atomic E-state index is 11.4. The molecule has 2 atom stereocenters. The Morgan fingerprint density at radius 2 is 2.50 bits per heavy atom. The summed E-state index contributed by atoms with van der Waals surface area (Å²) < 4.78 is 6.70. The maximum atomic E-state index is 11.4. The molecule has 0 aliphatic carbocycles. The van der Waals surface area contributed by atoms with Crippen molar-refractivity contribution in [3.63, 3.8) is 0 Å². The standard InChI is InChI=1S/C8H10N3O3S.H3N/c9-5-1-2-11(8(13)10-5)6-4-15-7(3-12)14-6;/h1-2,6-7H,3-4H2,(H2,9,10,13);1H3/q-1;/p+1/t6-,7+;/m0./s1. The third-order valence-electron chi connectivity index (χ3n) is 2.03. The van der Waals surface area contributed by atoms with E-state index in [0.29, 0.717) is 5.75 Å². The molecule has 0 bridgehead atoms. The van der Waals surface area contributed by atoms with Crippen molar-refractivity contribution in [2.75, 3.05) is 18.1 Å². The van der Waals surface area contributed by atoms with Gasteiger partial charge in [-0.15, -0.1) is 18.4 Å². The van der Waals surface area contributed by atoms with Crippen molar-refractivity contribution in [3.8, 4) is 0 Å². The summed E-state index contributed by atoms with van der Waals surface area (Å²) >= 11 is 1.40. The molecule has 90 valence electrons. The highest BCUT2D eigenvalue weighted by Crippen LogP contribution is 2.29. The average Bonchev–Trinajstić information content (AvgIpc) is 2.66. The van der Waals surface area contributed by atoms with Crippen LogP contribution in [0.15, 0.2) is 17.1 Å². The monoisotopic (exact) mass is 246 g/mol. The van der Waals surface area contributed by atoms with Gasteiger partial charge in [0.05, 0.1) is 5.44 Å². The zero-order valence-electron chi connectivity index (χ0n) is 8.83. The molecule has 2 rings (SSSR count). The summed E-state index contributed by atoms with van der Waals surface area (Å²) in [5.41, 5.74) is 4.53. The number of thioether (sulfide) groups is 1. The van der Waals surface area contributed by atoms with Crippen LogP contribution < -0.4 is 22.7 Å². The molecule has 1 aromatic heterocycles. The van der Waals surface area contributed by atoms with Crippen LogP contribution in [-0.2, 0) is 4.74 Å². The number of quaternary nitrogens is 1. The van der Waals surface area contributed by atoms with Crippen LogP contribution >= 0.6 is 11.8 Å². The van der Waals surface area contributed by atoms with Crippen molar-refractivity contribution in [1.29, 1.82) is 0 Å². The Morgan fingerprint density at radius 3 is 3.06 bits per heavy atom. The van der Waals surface area contributed by atoms with Crippen LogP contribution in [0.3, 0.4) is 0 Å². The Kier molecular flexibility index (Phi) is 4.30. The molecule has 0 spiro atoms. The average molecular weight is 246 g/mol. The zero-order valence-corrected chi connectivity index (χ0v) is 9.64. The van der Waals surface area contributed by atoms with E-state index >= 15 is 0 Å². The molecule has 8 heteroatoms. The minimum absolute atomic E-state index is 0. The normalized spacial score (nSPS) is 24.1. The topological polar surface area (TPSA) is 130 Å². The quantitative estimate of drug-likeness (QED) is 0.699. The van der Waals surface area contributed by atoms with E-state index < -0.39 is 11.9 Å². The molecular formula is C8H14N4O3S.